The molecule has 2 aromatic heterocycles. The average Bonchev–Trinajstić information content (AvgIpc) is 3.20. The first-order chi connectivity index (χ1) is 12.2. The summed E-state index contributed by atoms with van der Waals surface area (Å²) in [6.07, 6.45) is 3.98. The fraction of sp³-hybridized carbons (Fsp3) is 0.368. The number of fused-ring (bicyclic) bond motifs is 1. The average molecular weight is 466 g/mol. The smallest absolute Gasteiger partial charge is 0.193 e. The molecule has 140 valence electrons. The number of guanidine groups is 1. The Balaban J connectivity index is 0.00000243. The van der Waals surface area contributed by atoms with E-state index in [0.717, 1.165) is 48.7 Å². The predicted molar refractivity (Wildman–Crippen MR) is 118 cm³/mol. The zero-order valence-electron chi connectivity index (χ0n) is 15.6. The van der Waals surface area contributed by atoms with E-state index in [1.54, 1.807) is 0 Å². The number of imidazole rings is 1. The summed E-state index contributed by atoms with van der Waals surface area (Å²) in [5.41, 5.74) is 3.39. The Hall–Kier alpha value is -2.03. The maximum absolute atomic E-state index is 4.62. The fourth-order valence-corrected chi connectivity index (χ4v) is 2.94. The first-order valence-electron chi connectivity index (χ1n) is 8.63. The van der Waals surface area contributed by atoms with E-state index in [1.807, 2.05) is 25.2 Å². The van der Waals surface area contributed by atoms with Gasteiger partial charge in [0.25, 0.3) is 0 Å². The molecule has 0 atom stereocenters. The molecule has 0 radical (unpaired) electrons. The summed E-state index contributed by atoms with van der Waals surface area (Å²) in [6.45, 7) is 1.69. The van der Waals surface area contributed by atoms with Crippen LogP contribution in [0.25, 0.3) is 11.0 Å². The summed E-state index contributed by atoms with van der Waals surface area (Å²) in [5, 5.41) is 3.43. The monoisotopic (exact) mass is 466 g/mol. The molecule has 0 spiro atoms. The number of aromatic nitrogens is 3. The second-order valence-corrected chi connectivity index (χ2v) is 6.24. The Bertz CT molecular complexity index is 817. The normalized spacial score (nSPS) is 11.4. The molecule has 3 rings (SSSR count). The number of hydrogen-bond donors (Lipinski definition) is 2. The lowest BCUT2D eigenvalue weighted by Crippen LogP contribution is -2.39. The van der Waals surface area contributed by atoms with Gasteiger partial charge in [-0.3, -0.25) is 4.99 Å². The van der Waals surface area contributed by atoms with Gasteiger partial charge in [-0.25, -0.2) is 4.98 Å². The Morgan fingerprint density at radius 1 is 1.27 bits per heavy atom. The Morgan fingerprint density at radius 2 is 2.08 bits per heavy atom. The molecule has 0 unspecified atom stereocenters. The lowest BCUT2D eigenvalue weighted by Gasteiger charge is -2.22. The van der Waals surface area contributed by atoms with E-state index in [-0.39, 0.29) is 24.0 Å². The Morgan fingerprint density at radius 3 is 2.77 bits per heavy atom. The maximum atomic E-state index is 4.62. The Labute approximate surface area is 171 Å². The van der Waals surface area contributed by atoms with Gasteiger partial charge in [0.1, 0.15) is 5.82 Å². The van der Waals surface area contributed by atoms with Crippen LogP contribution < -0.4 is 5.32 Å². The molecule has 0 saturated heterocycles. The number of nitrogens with zero attached hydrogens (tertiary/aromatic N) is 4. The van der Waals surface area contributed by atoms with Gasteiger partial charge < -0.3 is 19.8 Å². The van der Waals surface area contributed by atoms with Gasteiger partial charge in [0, 0.05) is 46.0 Å². The number of halogens is 1. The molecular weight excluding hydrogens is 439 g/mol. The molecule has 0 saturated carbocycles. The molecule has 6 nitrogen and oxygen atoms in total. The van der Waals surface area contributed by atoms with E-state index in [1.165, 1.54) is 5.69 Å². The van der Waals surface area contributed by atoms with Gasteiger partial charge in [0.05, 0.1) is 17.6 Å². The van der Waals surface area contributed by atoms with Crippen LogP contribution in [0, 0.1) is 0 Å². The fourth-order valence-electron chi connectivity index (χ4n) is 2.94. The van der Waals surface area contributed by atoms with Crippen LogP contribution >= 0.6 is 24.0 Å². The minimum atomic E-state index is 0. The van der Waals surface area contributed by atoms with Gasteiger partial charge in [-0.1, -0.05) is 12.1 Å². The first-order valence-corrected chi connectivity index (χ1v) is 8.63. The van der Waals surface area contributed by atoms with Crippen molar-refractivity contribution in [2.24, 2.45) is 12.0 Å². The van der Waals surface area contributed by atoms with Crippen molar-refractivity contribution in [2.45, 2.75) is 19.4 Å². The number of aryl methyl sites for hydroxylation is 2. The van der Waals surface area contributed by atoms with Crippen molar-refractivity contribution in [3.63, 3.8) is 0 Å². The van der Waals surface area contributed by atoms with Crippen molar-refractivity contribution < 1.29 is 0 Å². The van der Waals surface area contributed by atoms with Crippen molar-refractivity contribution in [1.82, 2.24) is 24.8 Å². The highest BCUT2D eigenvalue weighted by molar-refractivity contribution is 14.0. The number of rotatable bonds is 6. The molecule has 2 heterocycles. The SMILES string of the molecule is CN=C(NCCCc1nc2ccccc2[nH]1)N(C)Cc1cccn1C.I. The number of aromatic amines is 1. The zero-order chi connectivity index (χ0) is 17.6. The van der Waals surface area contributed by atoms with Gasteiger partial charge in [-0.15, -0.1) is 24.0 Å². The molecule has 7 heteroatoms. The van der Waals surface area contributed by atoms with Crippen molar-refractivity contribution in [3.8, 4) is 0 Å². The van der Waals surface area contributed by atoms with Gasteiger partial charge in [0.2, 0.25) is 0 Å². The number of nitrogens with one attached hydrogen (secondary N) is 2. The van der Waals surface area contributed by atoms with E-state index < -0.39 is 0 Å². The Kier molecular flexibility index (Phi) is 7.50. The van der Waals surface area contributed by atoms with E-state index >= 15 is 0 Å². The second kappa shape index (κ2) is 9.61. The molecule has 2 N–H and O–H groups in total. The summed E-state index contributed by atoms with van der Waals surface area (Å²) < 4.78 is 2.13. The van der Waals surface area contributed by atoms with Crippen molar-refractivity contribution >= 4 is 41.0 Å². The molecule has 0 fully saturated rings. The van der Waals surface area contributed by atoms with Crippen LogP contribution in [0.5, 0.6) is 0 Å². The van der Waals surface area contributed by atoms with E-state index in [2.05, 4.69) is 68.2 Å². The number of hydrogen-bond acceptors (Lipinski definition) is 2. The van der Waals surface area contributed by atoms with Gasteiger partial charge in [-0.05, 0) is 30.7 Å². The molecule has 26 heavy (non-hydrogen) atoms. The molecule has 3 aromatic rings. The largest absolute Gasteiger partial charge is 0.356 e. The van der Waals surface area contributed by atoms with E-state index in [9.17, 15) is 0 Å². The number of benzene rings is 1. The second-order valence-electron chi connectivity index (χ2n) is 6.24. The third kappa shape index (κ3) is 5.00. The van der Waals surface area contributed by atoms with Crippen LogP contribution in [0.2, 0.25) is 0 Å². The third-order valence-electron chi connectivity index (χ3n) is 4.34. The zero-order valence-corrected chi connectivity index (χ0v) is 17.9. The molecule has 0 bridgehead atoms. The van der Waals surface area contributed by atoms with Gasteiger partial charge in [-0.2, -0.15) is 0 Å². The summed E-state index contributed by atoms with van der Waals surface area (Å²) in [4.78, 5) is 14.5. The number of aliphatic imine (C=N–C) groups is 1. The van der Waals surface area contributed by atoms with Crippen molar-refractivity contribution in [2.75, 3.05) is 20.6 Å². The van der Waals surface area contributed by atoms with Gasteiger partial charge in [0.15, 0.2) is 5.96 Å². The van der Waals surface area contributed by atoms with Crippen LogP contribution in [-0.2, 0) is 20.0 Å². The minimum Gasteiger partial charge on any atom is -0.356 e. The van der Waals surface area contributed by atoms with Crippen molar-refractivity contribution in [3.05, 3.63) is 54.1 Å². The standard InChI is InChI=1S/C19H26N6.HI/c1-20-19(25(3)14-15-8-7-13-24(15)2)21-12-6-11-18-22-16-9-4-5-10-17(16)23-18;/h4-5,7-10,13H,6,11-12,14H2,1-3H3,(H,20,21)(H,22,23);1H. The summed E-state index contributed by atoms with van der Waals surface area (Å²) in [5.74, 6) is 1.95. The minimum absolute atomic E-state index is 0. The first kappa shape index (κ1) is 20.3. The number of para-hydroxylation sites is 2. The maximum Gasteiger partial charge on any atom is 0.193 e. The van der Waals surface area contributed by atoms with E-state index in [0.29, 0.717) is 0 Å². The van der Waals surface area contributed by atoms with Crippen LogP contribution in [0.1, 0.15) is 17.9 Å². The van der Waals surface area contributed by atoms with Crippen LogP contribution in [0.3, 0.4) is 0 Å². The summed E-state index contributed by atoms with van der Waals surface area (Å²) >= 11 is 0. The molecular formula is C19H27IN6. The molecule has 0 aliphatic carbocycles. The summed E-state index contributed by atoms with van der Waals surface area (Å²) in [6, 6.07) is 12.3. The van der Waals surface area contributed by atoms with Gasteiger partial charge >= 0.3 is 0 Å². The predicted octanol–water partition coefficient (Wildman–Crippen LogP) is 3.16. The van der Waals surface area contributed by atoms with E-state index in [4.69, 9.17) is 0 Å². The molecule has 1 aromatic carbocycles. The van der Waals surface area contributed by atoms with Crippen LogP contribution in [-0.4, -0.2) is 46.0 Å². The van der Waals surface area contributed by atoms with Crippen LogP contribution in [0.4, 0.5) is 0 Å². The molecule has 0 aliphatic heterocycles. The van der Waals surface area contributed by atoms with Crippen molar-refractivity contribution in [1.29, 1.82) is 0 Å². The highest BCUT2D eigenvalue weighted by Gasteiger charge is 2.08. The highest BCUT2D eigenvalue weighted by Crippen LogP contribution is 2.11. The lowest BCUT2D eigenvalue weighted by molar-refractivity contribution is 0.461. The molecule has 0 aliphatic rings. The highest BCUT2D eigenvalue weighted by atomic mass is 127. The quantitative estimate of drug-likeness (QED) is 0.254. The third-order valence-corrected chi connectivity index (χ3v) is 4.34. The number of H-pyrrole nitrogens is 1. The summed E-state index contributed by atoms with van der Waals surface area (Å²) in [7, 11) is 5.94. The topological polar surface area (TPSA) is 61.2 Å². The van der Waals surface area contributed by atoms with Crippen LogP contribution in [0.15, 0.2) is 47.6 Å². The molecule has 0 amide bonds. The lowest BCUT2D eigenvalue weighted by atomic mass is 10.3.